The molecular formula is C11H13FO5. The predicted octanol–water partition coefficient (Wildman–Crippen LogP) is 1.05. The van der Waals surface area contributed by atoms with E-state index in [0.29, 0.717) is 0 Å². The molecule has 6 heteroatoms. The van der Waals surface area contributed by atoms with Crippen molar-refractivity contribution >= 4 is 5.97 Å². The zero-order valence-corrected chi connectivity index (χ0v) is 9.69. The molecule has 0 aliphatic carbocycles. The van der Waals surface area contributed by atoms with Crippen LogP contribution in [0.4, 0.5) is 4.39 Å². The van der Waals surface area contributed by atoms with Gasteiger partial charge in [-0.3, -0.25) is 0 Å². The number of halogens is 1. The van der Waals surface area contributed by atoms with Crippen molar-refractivity contribution < 1.29 is 28.5 Å². The van der Waals surface area contributed by atoms with Gasteiger partial charge in [0, 0.05) is 11.6 Å². The molecule has 1 unspecified atom stereocenters. The van der Waals surface area contributed by atoms with E-state index in [9.17, 15) is 14.3 Å². The molecule has 0 aliphatic rings. The normalized spacial score (nSPS) is 11.8. The second-order valence-electron chi connectivity index (χ2n) is 3.15. The van der Waals surface area contributed by atoms with E-state index >= 15 is 0 Å². The van der Waals surface area contributed by atoms with Gasteiger partial charge >= 0.3 is 5.97 Å². The Labute approximate surface area is 97.7 Å². The van der Waals surface area contributed by atoms with Crippen LogP contribution in [0.25, 0.3) is 0 Å². The lowest BCUT2D eigenvalue weighted by atomic mass is 10.1. The van der Waals surface area contributed by atoms with E-state index in [1.165, 1.54) is 20.3 Å². The van der Waals surface area contributed by atoms with Crippen LogP contribution in [-0.2, 0) is 9.53 Å². The second kappa shape index (κ2) is 5.49. The van der Waals surface area contributed by atoms with Crippen molar-refractivity contribution in [3.05, 3.63) is 23.5 Å². The van der Waals surface area contributed by atoms with E-state index in [-0.39, 0.29) is 17.1 Å². The summed E-state index contributed by atoms with van der Waals surface area (Å²) < 4.78 is 27.4. The topological polar surface area (TPSA) is 65.0 Å². The smallest absolute Gasteiger partial charge is 0.339 e. The molecule has 0 saturated heterocycles. The number of hydrogen-bond donors (Lipinski definition) is 1. The molecule has 17 heavy (non-hydrogen) atoms. The van der Waals surface area contributed by atoms with Crippen molar-refractivity contribution in [3.8, 4) is 11.5 Å². The second-order valence-corrected chi connectivity index (χ2v) is 3.15. The molecule has 0 bridgehead atoms. The summed E-state index contributed by atoms with van der Waals surface area (Å²) in [5, 5.41) is 9.68. The lowest BCUT2D eigenvalue weighted by Crippen LogP contribution is -2.14. The number of benzene rings is 1. The van der Waals surface area contributed by atoms with Crippen LogP contribution in [0.5, 0.6) is 11.5 Å². The van der Waals surface area contributed by atoms with Crippen molar-refractivity contribution in [3.63, 3.8) is 0 Å². The summed E-state index contributed by atoms with van der Waals surface area (Å²) in [6, 6.07) is 2.22. The van der Waals surface area contributed by atoms with Gasteiger partial charge in [0.05, 0.1) is 21.3 Å². The van der Waals surface area contributed by atoms with E-state index in [1.807, 2.05) is 0 Å². The monoisotopic (exact) mass is 244 g/mol. The maximum Gasteiger partial charge on any atom is 0.339 e. The van der Waals surface area contributed by atoms with Gasteiger partial charge in [-0.15, -0.1) is 0 Å². The highest BCUT2D eigenvalue weighted by Crippen LogP contribution is 2.32. The quantitative estimate of drug-likeness (QED) is 0.802. The lowest BCUT2D eigenvalue weighted by molar-refractivity contribution is -0.150. The van der Waals surface area contributed by atoms with E-state index in [0.717, 1.165) is 13.2 Å². The average Bonchev–Trinajstić information content (AvgIpc) is 2.36. The summed E-state index contributed by atoms with van der Waals surface area (Å²) in [5.41, 5.74) is 0.0811. The number of aliphatic hydroxyl groups excluding tert-OH is 1. The van der Waals surface area contributed by atoms with Gasteiger partial charge in [-0.25, -0.2) is 9.18 Å². The molecule has 5 nitrogen and oxygen atoms in total. The maximum absolute atomic E-state index is 13.4. The molecule has 0 amide bonds. The van der Waals surface area contributed by atoms with Crippen LogP contribution in [0.1, 0.15) is 11.7 Å². The standard InChI is InChI=1S/C11H13FO5/c1-15-8-5-7(12)9(16-2)4-6(8)10(13)11(14)17-3/h4-5,10,13H,1-3H3. The summed E-state index contributed by atoms with van der Waals surface area (Å²) in [7, 11) is 3.72. The van der Waals surface area contributed by atoms with Crippen molar-refractivity contribution in [1.29, 1.82) is 0 Å². The third kappa shape index (κ3) is 2.65. The van der Waals surface area contributed by atoms with Crippen LogP contribution in [0.15, 0.2) is 12.1 Å². The zero-order chi connectivity index (χ0) is 13.0. The number of esters is 1. The molecule has 0 aromatic heterocycles. The molecule has 0 saturated carbocycles. The van der Waals surface area contributed by atoms with Crippen molar-refractivity contribution in [1.82, 2.24) is 0 Å². The van der Waals surface area contributed by atoms with Crippen molar-refractivity contribution in [2.75, 3.05) is 21.3 Å². The number of rotatable bonds is 4. The first kappa shape index (κ1) is 13.2. The molecule has 0 spiro atoms. The van der Waals surface area contributed by atoms with Gasteiger partial charge in [0.2, 0.25) is 0 Å². The molecule has 1 aromatic rings. The van der Waals surface area contributed by atoms with Crippen molar-refractivity contribution in [2.24, 2.45) is 0 Å². The van der Waals surface area contributed by atoms with Crippen LogP contribution in [0.2, 0.25) is 0 Å². The molecule has 94 valence electrons. The average molecular weight is 244 g/mol. The summed E-state index contributed by atoms with van der Waals surface area (Å²) in [6.07, 6.45) is -1.55. The third-order valence-electron chi connectivity index (χ3n) is 2.22. The Kier molecular flexibility index (Phi) is 4.28. The van der Waals surface area contributed by atoms with Gasteiger partial charge < -0.3 is 19.3 Å². The van der Waals surface area contributed by atoms with Gasteiger partial charge in [0.1, 0.15) is 5.75 Å². The van der Waals surface area contributed by atoms with Gasteiger partial charge in [-0.2, -0.15) is 0 Å². The molecular weight excluding hydrogens is 231 g/mol. The fraction of sp³-hybridized carbons (Fsp3) is 0.364. The van der Waals surface area contributed by atoms with Crippen LogP contribution in [0, 0.1) is 5.82 Å². The Morgan fingerprint density at radius 2 is 1.82 bits per heavy atom. The minimum Gasteiger partial charge on any atom is -0.496 e. The highest BCUT2D eigenvalue weighted by molar-refractivity contribution is 5.77. The molecule has 1 N–H and O–H groups in total. The van der Waals surface area contributed by atoms with Gasteiger partial charge in [0.15, 0.2) is 17.7 Å². The summed E-state index contributed by atoms with van der Waals surface area (Å²) in [5.74, 6) is -1.56. The SMILES string of the molecule is COC(=O)C(O)c1cc(OC)c(F)cc1OC. The Bertz CT molecular complexity index is 419. The Morgan fingerprint density at radius 1 is 1.24 bits per heavy atom. The van der Waals surface area contributed by atoms with Crippen LogP contribution in [-0.4, -0.2) is 32.4 Å². The van der Waals surface area contributed by atoms with E-state index in [4.69, 9.17) is 9.47 Å². The minimum absolute atomic E-state index is 0.0428. The van der Waals surface area contributed by atoms with Crippen molar-refractivity contribution in [2.45, 2.75) is 6.10 Å². The molecule has 0 radical (unpaired) electrons. The molecule has 0 aliphatic heterocycles. The molecule has 1 atom stereocenters. The Hall–Kier alpha value is -1.82. The lowest BCUT2D eigenvalue weighted by Gasteiger charge is -2.14. The number of carbonyl (C=O) groups is 1. The van der Waals surface area contributed by atoms with Gasteiger partial charge in [0.25, 0.3) is 0 Å². The number of aliphatic hydroxyl groups is 1. The number of hydrogen-bond acceptors (Lipinski definition) is 5. The Morgan fingerprint density at radius 3 is 2.29 bits per heavy atom. The number of methoxy groups -OCH3 is 3. The first-order valence-electron chi connectivity index (χ1n) is 4.72. The zero-order valence-electron chi connectivity index (χ0n) is 9.69. The van der Waals surface area contributed by atoms with Crippen LogP contribution >= 0.6 is 0 Å². The summed E-state index contributed by atoms with van der Waals surface area (Å²) >= 11 is 0. The summed E-state index contributed by atoms with van der Waals surface area (Å²) in [6.45, 7) is 0. The maximum atomic E-state index is 13.4. The van der Waals surface area contributed by atoms with E-state index in [1.54, 1.807) is 0 Å². The van der Waals surface area contributed by atoms with E-state index < -0.39 is 17.9 Å². The predicted molar refractivity (Wildman–Crippen MR) is 56.5 cm³/mol. The Balaban J connectivity index is 3.25. The van der Waals surface area contributed by atoms with E-state index in [2.05, 4.69) is 4.74 Å². The highest BCUT2D eigenvalue weighted by atomic mass is 19.1. The first-order chi connectivity index (χ1) is 8.04. The van der Waals surface area contributed by atoms with Gasteiger partial charge in [-0.1, -0.05) is 0 Å². The molecule has 1 rings (SSSR count). The molecule has 0 heterocycles. The van der Waals surface area contributed by atoms with Gasteiger partial charge in [-0.05, 0) is 6.07 Å². The molecule has 0 fully saturated rings. The fourth-order valence-electron chi connectivity index (χ4n) is 1.34. The number of carbonyl (C=O) groups excluding carboxylic acids is 1. The largest absolute Gasteiger partial charge is 0.496 e. The minimum atomic E-state index is -1.55. The highest BCUT2D eigenvalue weighted by Gasteiger charge is 2.24. The first-order valence-corrected chi connectivity index (χ1v) is 4.72. The van der Waals surface area contributed by atoms with Crippen LogP contribution in [0.3, 0.4) is 0 Å². The van der Waals surface area contributed by atoms with Crippen LogP contribution < -0.4 is 9.47 Å². The molecule has 1 aromatic carbocycles. The fourth-order valence-corrected chi connectivity index (χ4v) is 1.34. The number of ether oxygens (including phenoxy) is 3. The third-order valence-corrected chi connectivity index (χ3v) is 2.22. The summed E-state index contributed by atoms with van der Waals surface area (Å²) in [4.78, 5) is 11.2.